The molecule has 0 spiro atoms. The van der Waals surface area contributed by atoms with Crippen LogP contribution >= 0.6 is 12.4 Å². The maximum atomic E-state index is 12.9. The minimum Gasteiger partial charge on any atom is -0.328 e. The van der Waals surface area contributed by atoms with Gasteiger partial charge in [0, 0.05) is 31.1 Å². The van der Waals surface area contributed by atoms with E-state index in [1.165, 1.54) is 30.3 Å². The molecule has 1 aliphatic rings. The third kappa shape index (κ3) is 4.39. The van der Waals surface area contributed by atoms with E-state index in [9.17, 15) is 4.79 Å². The van der Waals surface area contributed by atoms with Crippen LogP contribution in [0.25, 0.3) is 11.0 Å². The molecular weight excluding hydrogens is 394 g/mol. The number of hydrogen-bond donors (Lipinski definition) is 0. The first-order valence-corrected chi connectivity index (χ1v) is 10.9. The van der Waals surface area contributed by atoms with Crippen LogP contribution in [0.1, 0.15) is 61.9 Å². The summed E-state index contributed by atoms with van der Waals surface area (Å²) < 4.78 is 2.37. The summed E-state index contributed by atoms with van der Waals surface area (Å²) in [6, 6.07) is 14.7. The number of para-hydroxylation sites is 2. The number of unbranched alkanes of at least 4 members (excludes halogenated alkanes) is 3. The van der Waals surface area contributed by atoms with E-state index in [1.807, 2.05) is 11.0 Å². The first-order chi connectivity index (χ1) is 14.1. The van der Waals surface area contributed by atoms with Gasteiger partial charge in [-0.15, -0.1) is 12.4 Å². The smallest absolute Gasteiger partial charge is 0.227 e. The monoisotopic (exact) mass is 425 g/mol. The number of rotatable bonds is 7. The third-order valence-electron chi connectivity index (χ3n) is 6.05. The van der Waals surface area contributed by atoms with E-state index in [0.717, 1.165) is 35.6 Å². The molecule has 2 heterocycles. The number of halogens is 1. The van der Waals surface area contributed by atoms with Crippen LogP contribution in [0.3, 0.4) is 0 Å². The van der Waals surface area contributed by atoms with Gasteiger partial charge >= 0.3 is 0 Å². The van der Waals surface area contributed by atoms with Crippen molar-refractivity contribution in [1.82, 2.24) is 9.55 Å². The molecule has 0 bridgehead atoms. The van der Waals surface area contributed by atoms with Crippen LogP contribution in [0.2, 0.25) is 0 Å². The fraction of sp³-hybridized carbons (Fsp3) is 0.440. The third-order valence-corrected chi connectivity index (χ3v) is 6.05. The number of fused-ring (bicyclic) bond motifs is 1. The summed E-state index contributed by atoms with van der Waals surface area (Å²) in [5.74, 6) is 1.41. The van der Waals surface area contributed by atoms with Gasteiger partial charge in [-0.25, -0.2) is 4.98 Å². The zero-order valence-corrected chi connectivity index (χ0v) is 19.0. The predicted molar refractivity (Wildman–Crippen MR) is 127 cm³/mol. The van der Waals surface area contributed by atoms with Gasteiger partial charge in [-0.1, -0.05) is 56.0 Å². The van der Waals surface area contributed by atoms with Crippen molar-refractivity contribution in [3.05, 3.63) is 59.4 Å². The van der Waals surface area contributed by atoms with E-state index < -0.39 is 0 Å². The Kier molecular flexibility index (Phi) is 7.19. The van der Waals surface area contributed by atoms with E-state index in [0.29, 0.717) is 13.0 Å². The molecule has 3 aromatic rings. The van der Waals surface area contributed by atoms with Gasteiger partial charge in [-0.05, 0) is 44.0 Å². The van der Waals surface area contributed by atoms with Gasteiger partial charge in [0.05, 0.1) is 11.0 Å². The number of imidazole rings is 1. The minimum atomic E-state index is 0. The summed E-state index contributed by atoms with van der Waals surface area (Å²) in [6.07, 6.45) is 5.43. The summed E-state index contributed by atoms with van der Waals surface area (Å²) in [6.45, 7) is 8.10. The van der Waals surface area contributed by atoms with E-state index in [-0.39, 0.29) is 24.2 Å². The molecule has 0 aliphatic carbocycles. The SMILES string of the molecule is CCCCCCn1c(C2CC(=O)N(c3ccc(C)cc3C)C2)nc2ccccc21.Cl. The van der Waals surface area contributed by atoms with Gasteiger partial charge in [0.1, 0.15) is 5.82 Å². The lowest BCUT2D eigenvalue weighted by Crippen LogP contribution is -2.25. The van der Waals surface area contributed by atoms with Gasteiger partial charge in [-0.3, -0.25) is 4.79 Å². The Labute approximate surface area is 185 Å². The van der Waals surface area contributed by atoms with Crippen molar-refractivity contribution in [2.24, 2.45) is 0 Å². The first-order valence-electron chi connectivity index (χ1n) is 10.9. The fourth-order valence-electron chi connectivity index (χ4n) is 4.56. The van der Waals surface area contributed by atoms with Crippen LogP contribution in [0.15, 0.2) is 42.5 Å². The van der Waals surface area contributed by atoms with Crippen LogP contribution in [0.4, 0.5) is 5.69 Å². The summed E-state index contributed by atoms with van der Waals surface area (Å²) >= 11 is 0. The number of aromatic nitrogens is 2. The van der Waals surface area contributed by atoms with Crippen LogP contribution in [0.5, 0.6) is 0 Å². The van der Waals surface area contributed by atoms with Crippen molar-refractivity contribution >= 4 is 35.0 Å². The molecule has 1 amide bonds. The zero-order valence-electron chi connectivity index (χ0n) is 18.2. The van der Waals surface area contributed by atoms with Crippen molar-refractivity contribution in [2.45, 2.75) is 65.3 Å². The summed E-state index contributed by atoms with van der Waals surface area (Å²) in [5.41, 5.74) is 5.65. The number of anilines is 1. The lowest BCUT2D eigenvalue weighted by molar-refractivity contribution is -0.117. The summed E-state index contributed by atoms with van der Waals surface area (Å²) in [5, 5.41) is 0. The molecule has 1 atom stereocenters. The lowest BCUT2D eigenvalue weighted by atomic mass is 10.1. The summed E-state index contributed by atoms with van der Waals surface area (Å²) in [4.78, 5) is 19.8. The molecule has 160 valence electrons. The second-order valence-corrected chi connectivity index (χ2v) is 8.37. The summed E-state index contributed by atoms with van der Waals surface area (Å²) in [7, 11) is 0. The van der Waals surface area contributed by atoms with Gasteiger partial charge < -0.3 is 9.47 Å². The molecule has 0 radical (unpaired) electrons. The standard InChI is InChI=1S/C25H31N3O.ClH/c1-4-5-6-9-14-27-23-11-8-7-10-21(23)26-25(27)20-16-24(29)28(17-20)22-13-12-18(2)15-19(22)3;/h7-8,10-13,15,20H,4-6,9,14,16-17H2,1-3H3;1H. The second kappa shape index (κ2) is 9.65. The highest BCUT2D eigenvalue weighted by Crippen LogP contribution is 2.34. The number of hydrogen-bond acceptors (Lipinski definition) is 2. The molecule has 1 aromatic heterocycles. The molecule has 1 unspecified atom stereocenters. The Hall–Kier alpha value is -2.33. The molecule has 1 aliphatic heterocycles. The molecule has 0 N–H and O–H groups in total. The molecular formula is C25H32ClN3O. The van der Waals surface area contributed by atoms with Crippen molar-refractivity contribution < 1.29 is 4.79 Å². The minimum absolute atomic E-state index is 0. The topological polar surface area (TPSA) is 38.1 Å². The maximum absolute atomic E-state index is 12.9. The van der Waals surface area contributed by atoms with Crippen LogP contribution in [0, 0.1) is 13.8 Å². The van der Waals surface area contributed by atoms with Gasteiger partial charge in [0.15, 0.2) is 0 Å². The number of aryl methyl sites for hydroxylation is 3. The zero-order chi connectivity index (χ0) is 20.4. The lowest BCUT2D eigenvalue weighted by Gasteiger charge is -2.20. The quantitative estimate of drug-likeness (QED) is 0.424. The first kappa shape index (κ1) is 22.4. The van der Waals surface area contributed by atoms with Gasteiger partial charge in [0.2, 0.25) is 5.91 Å². The largest absolute Gasteiger partial charge is 0.328 e. The van der Waals surface area contributed by atoms with Crippen LogP contribution in [-0.4, -0.2) is 22.0 Å². The van der Waals surface area contributed by atoms with E-state index in [2.05, 4.69) is 61.7 Å². The van der Waals surface area contributed by atoms with Crippen molar-refractivity contribution in [1.29, 1.82) is 0 Å². The van der Waals surface area contributed by atoms with Crippen molar-refractivity contribution in [3.8, 4) is 0 Å². The molecule has 4 nitrogen and oxygen atoms in total. The molecule has 1 saturated heterocycles. The normalized spacial score (nSPS) is 16.3. The highest BCUT2D eigenvalue weighted by Gasteiger charge is 2.35. The second-order valence-electron chi connectivity index (χ2n) is 8.37. The number of amides is 1. The molecule has 4 rings (SSSR count). The molecule has 5 heteroatoms. The predicted octanol–water partition coefficient (Wildman–Crippen LogP) is 6.18. The van der Waals surface area contributed by atoms with E-state index in [1.54, 1.807) is 0 Å². The number of nitrogens with zero attached hydrogens (tertiary/aromatic N) is 3. The average Bonchev–Trinajstić information content (AvgIpc) is 3.26. The Morgan fingerprint density at radius 3 is 2.63 bits per heavy atom. The van der Waals surface area contributed by atoms with Gasteiger partial charge in [0.25, 0.3) is 0 Å². The number of carbonyl (C=O) groups excluding carboxylic acids is 1. The van der Waals surface area contributed by atoms with Crippen molar-refractivity contribution in [3.63, 3.8) is 0 Å². The van der Waals surface area contributed by atoms with E-state index in [4.69, 9.17) is 4.98 Å². The molecule has 30 heavy (non-hydrogen) atoms. The van der Waals surface area contributed by atoms with Gasteiger partial charge in [-0.2, -0.15) is 0 Å². The van der Waals surface area contributed by atoms with Crippen molar-refractivity contribution in [2.75, 3.05) is 11.4 Å². The average molecular weight is 426 g/mol. The fourth-order valence-corrected chi connectivity index (χ4v) is 4.56. The Morgan fingerprint density at radius 1 is 1.07 bits per heavy atom. The highest BCUT2D eigenvalue weighted by atomic mass is 35.5. The molecule has 1 fully saturated rings. The number of benzene rings is 2. The maximum Gasteiger partial charge on any atom is 0.227 e. The van der Waals surface area contributed by atoms with Crippen LogP contribution < -0.4 is 4.90 Å². The Bertz CT molecular complexity index is 1030. The molecule has 0 saturated carbocycles. The van der Waals surface area contributed by atoms with Crippen LogP contribution in [-0.2, 0) is 11.3 Å². The Balaban J connectivity index is 0.00000256. The van der Waals surface area contributed by atoms with E-state index >= 15 is 0 Å². The highest BCUT2D eigenvalue weighted by molar-refractivity contribution is 5.97. The number of carbonyl (C=O) groups is 1. The molecule has 2 aromatic carbocycles. The Morgan fingerprint density at radius 2 is 1.87 bits per heavy atom.